The summed E-state index contributed by atoms with van der Waals surface area (Å²) in [6.45, 7) is 1.51. The molecular weight excluding hydrogens is 206 g/mol. The third-order valence-electron chi connectivity index (χ3n) is 1.94. The predicted molar refractivity (Wildman–Crippen MR) is 62.9 cm³/mol. The number of carbonyl (C=O) groups is 1. The summed E-state index contributed by atoms with van der Waals surface area (Å²) in [6.07, 6.45) is 0. The van der Waals surface area contributed by atoms with E-state index >= 15 is 0 Å². The molecule has 0 bridgehead atoms. The topological polar surface area (TPSA) is 29.1 Å². The maximum absolute atomic E-state index is 10.9. The summed E-state index contributed by atoms with van der Waals surface area (Å²) in [7, 11) is 0. The molecule has 0 spiro atoms. The minimum absolute atomic E-state index is 0.0510. The van der Waals surface area contributed by atoms with Gasteiger partial charge >= 0.3 is 0 Å². The van der Waals surface area contributed by atoms with Gasteiger partial charge in [0.2, 0.25) is 5.91 Å². The molecule has 2 nitrogen and oxygen atoms in total. The third-order valence-corrected chi connectivity index (χ3v) is 2.78. The monoisotopic (exact) mass is 216 g/mol. The van der Waals surface area contributed by atoms with Crippen LogP contribution in [0.15, 0.2) is 36.4 Å². The Bertz CT molecular complexity index is 462. The van der Waals surface area contributed by atoms with Crippen LogP contribution in [0.3, 0.4) is 0 Å². The highest BCUT2D eigenvalue weighted by molar-refractivity contribution is 7.13. The molecule has 0 aliphatic heterocycles. The van der Waals surface area contributed by atoms with E-state index < -0.39 is 0 Å². The van der Waals surface area contributed by atoms with Gasteiger partial charge in [-0.3, -0.25) is 4.79 Å². The Balaban J connectivity index is 2.31. The lowest BCUT2D eigenvalue weighted by Gasteiger charge is -2.03. The number of benzene rings is 1. The van der Waals surface area contributed by atoms with E-state index in [1.807, 2.05) is 36.4 Å². The van der Waals surface area contributed by atoms with Crippen molar-refractivity contribution in [2.24, 2.45) is 0 Å². The number of hydrogen-bond donors (Lipinski definition) is 1. The fourth-order valence-electron chi connectivity index (χ4n) is 1.35. The smallest absolute Gasteiger partial charge is 0.221 e. The minimum Gasteiger partial charge on any atom is -0.326 e. The summed E-state index contributed by atoms with van der Waals surface area (Å²) in [5, 5.41) is 5.81. The molecule has 2 aromatic rings. The van der Waals surface area contributed by atoms with Crippen molar-refractivity contribution in [3.8, 4) is 10.4 Å². The van der Waals surface area contributed by atoms with E-state index in [4.69, 9.17) is 0 Å². The van der Waals surface area contributed by atoms with Gasteiger partial charge < -0.3 is 5.32 Å². The SMILES string of the molecule is CC(=O)Nc1cccc(-c2cc[c]s2)c1. The van der Waals surface area contributed by atoms with Crippen LogP contribution >= 0.6 is 11.3 Å². The number of thiophene rings is 1. The second-order valence-electron chi connectivity index (χ2n) is 3.18. The van der Waals surface area contributed by atoms with Crippen LogP contribution in [-0.2, 0) is 4.79 Å². The summed E-state index contributed by atoms with van der Waals surface area (Å²) in [5.74, 6) is -0.0510. The standard InChI is InChI=1S/C12H10NOS/c1-9(14)13-11-5-2-4-10(8-11)12-6-3-7-15-12/h2-6,8H,1H3,(H,13,14). The van der Waals surface area contributed by atoms with Crippen molar-refractivity contribution < 1.29 is 4.79 Å². The number of amides is 1. The molecule has 0 saturated carbocycles. The van der Waals surface area contributed by atoms with E-state index in [9.17, 15) is 4.79 Å². The van der Waals surface area contributed by atoms with E-state index in [2.05, 4.69) is 10.7 Å². The lowest BCUT2D eigenvalue weighted by molar-refractivity contribution is -0.114. The summed E-state index contributed by atoms with van der Waals surface area (Å²) < 4.78 is 0. The number of hydrogen-bond acceptors (Lipinski definition) is 2. The first-order chi connectivity index (χ1) is 7.25. The molecule has 1 radical (unpaired) electrons. The van der Waals surface area contributed by atoms with Crippen molar-refractivity contribution >= 4 is 22.9 Å². The Labute approximate surface area is 92.6 Å². The Morgan fingerprint density at radius 2 is 2.27 bits per heavy atom. The molecule has 1 N–H and O–H groups in total. The van der Waals surface area contributed by atoms with Crippen molar-refractivity contribution in [2.75, 3.05) is 5.32 Å². The Morgan fingerprint density at radius 1 is 1.40 bits per heavy atom. The number of nitrogens with one attached hydrogen (secondary N) is 1. The highest BCUT2D eigenvalue weighted by Gasteiger charge is 2.00. The first-order valence-electron chi connectivity index (χ1n) is 4.59. The zero-order valence-electron chi connectivity index (χ0n) is 8.28. The minimum atomic E-state index is -0.0510. The van der Waals surface area contributed by atoms with Crippen LogP contribution in [0.1, 0.15) is 6.92 Å². The quantitative estimate of drug-likeness (QED) is 0.820. The van der Waals surface area contributed by atoms with Crippen LogP contribution in [0.25, 0.3) is 10.4 Å². The maximum Gasteiger partial charge on any atom is 0.221 e. The fraction of sp³-hybridized carbons (Fsp3) is 0.0833. The van der Waals surface area contributed by atoms with Crippen LogP contribution in [0.2, 0.25) is 0 Å². The largest absolute Gasteiger partial charge is 0.326 e. The molecule has 1 aromatic heterocycles. The Kier molecular flexibility index (Phi) is 2.83. The maximum atomic E-state index is 10.9. The molecule has 1 aromatic carbocycles. The van der Waals surface area contributed by atoms with Gasteiger partial charge in [0.05, 0.1) is 0 Å². The molecule has 1 amide bonds. The summed E-state index contributed by atoms with van der Waals surface area (Å²) in [4.78, 5) is 12.1. The number of anilines is 1. The van der Waals surface area contributed by atoms with E-state index in [0.717, 1.165) is 16.1 Å². The van der Waals surface area contributed by atoms with Gasteiger partial charge in [-0.2, -0.15) is 0 Å². The van der Waals surface area contributed by atoms with Crippen molar-refractivity contribution in [1.82, 2.24) is 0 Å². The molecule has 1 heterocycles. The van der Waals surface area contributed by atoms with Crippen LogP contribution in [0.4, 0.5) is 5.69 Å². The third kappa shape index (κ3) is 2.44. The molecule has 15 heavy (non-hydrogen) atoms. The zero-order valence-corrected chi connectivity index (χ0v) is 9.10. The van der Waals surface area contributed by atoms with Crippen LogP contribution in [-0.4, -0.2) is 5.91 Å². The van der Waals surface area contributed by atoms with E-state index in [1.165, 1.54) is 6.92 Å². The highest BCUT2D eigenvalue weighted by atomic mass is 32.1. The normalized spacial score (nSPS) is 9.93. The summed E-state index contributed by atoms with van der Waals surface area (Å²) in [5.41, 5.74) is 1.93. The fourth-order valence-corrected chi connectivity index (χ4v) is 1.99. The first kappa shape index (κ1) is 9.93. The molecule has 0 saturated heterocycles. The van der Waals surface area contributed by atoms with Gasteiger partial charge in [-0.1, -0.05) is 12.1 Å². The van der Waals surface area contributed by atoms with E-state index in [1.54, 1.807) is 11.3 Å². The average Bonchev–Trinajstić information content (AvgIpc) is 2.69. The van der Waals surface area contributed by atoms with Gasteiger partial charge in [-0.25, -0.2) is 0 Å². The molecule has 0 fully saturated rings. The van der Waals surface area contributed by atoms with Gasteiger partial charge in [0.15, 0.2) is 0 Å². The number of carbonyl (C=O) groups excluding carboxylic acids is 1. The van der Waals surface area contributed by atoms with Crippen molar-refractivity contribution in [3.63, 3.8) is 0 Å². The summed E-state index contributed by atoms with van der Waals surface area (Å²) in [6, 6.07) is 11.7. The summed E-state index contributed by atoms with van der Waals surface area (Å²) >= 11 is 1.57. The predicted octanol–water partition coefficient (Wildman–Crippen LogP) is 3.17. The van der Waals surface area contributed by atoms with E-state index in [-0.39, 0.29) is 5.91 Å². The van der Waals surface area contributed by atoms with Gasteiger partial charge in [-0.15, -0.1) is 11.3 Å². The Hall–Kier alpha value is -1.61. The van der Waals surface area contributed by atoms with Crippen LogP contribution < -0.4 is 5.32 Å². The first-order valence-corrected chi connectivity index (χ1v) is 5.41. The molecular formula is C12H10NOS. The molecule has 2 rings (SSSR count). The van der Waals surface area contributed by atoms with Crippen molar-refractivity contribution in [1.29, 1.82) is 0 Å². The second-order valence-corrected chi connectivity index (χ2v) is 4.06. The van der Waals surface area contributed by atoms with Gasteiger partial charge in [0.25, 0.3) is 0 Å². The lowest BCUT2D eigenvalue weighted by atomic mass is 10.1. The highest BCUT2D eigenvalue weighted by Crippen LogP contribution is 2.26. The molecule has 3 heteroatoms. The second kappa shape index (κ2) is 4.28. The molecule has 75 valence electrons. The molecule has 0 aliphatic carbocycles. The molecule has 0 aliphatic rings. The van der Waals surface area contributed by atoms with Crippen LogP contribution in [0.5, 0.6) is 0 Å². The average molecular weight is 216 g/mol. The van der Waals surface area contributed by atoms with Crippen molar-refractivity contribution in [3.05, 3.63) is 41.8 Å². The van der Waals surface area contributed by atoms with Gasteiger partial charge in [0.1, 0.15) is 0 Å². The molecule has 0 atom stereocenters. The van der Waals surface area contributed by atoms with Crippen molar-refractivity contribution in [2.45, 2.75) is 6.92 Å². The van der Waals surface area contributed by atoms with E-state index in [0.29, 0.717) is 0 Å². The number of rotatable bonds is 2. The van der Waals surface area contributed by atoms with Crippen LogP contribution in [0, 0.1) is 5.38 Å². The molecule has 0 unspecified atom stereocenters. The zero-order chi connectivity index (χ0) is 10.7. The Morgan fingerprint density at radius 3 is 2.93 bits per heavy atom. The van der Waals surface area contributed by atoms with Gasteiger partial charge in [0, 0.05) is 22.9 Å². The lowest BCUT2D eigenvalue weighted by Crippen LogP contribution is -2.05. The van der Waals surface area contributed by atoms with Gasteiger partial charge in [-0.05, 0) is 29.8 Å².